The minimum atomic E-state index is -4.51. The van der Waals surface area contributed by atoms with Crippen LogP contribution >= 0.6 is 22.8 Å². The first-order valence-corrected chi connectivity index (χ1v) is 40.4. The van der Waals surface area contributed by atoms with Gasteiger partial charge in [0.1, 0.15) is 29.0 Å². The molecular weight excluding hydrogens is 1380 g/mol. The van der Waals surface area contributed by atoms with Gasteiger partial charge in [-0.3, -0.25) is 18.7 Å². The van der Waals surface area contributed by atoms with Crippen LogP contribution in [0.5, 0.6) is 11.5 Å². The number of ether oxygens (including phenoxy) is 2. The maximum Gasteiger partial charge on any atom is 0.340 e. The van der Waals surface area contributed by atoms with Crippen molar-refractivity contribution in [2.75, 3.05) is 41.9 Å². The summed E-state index contributed by atoms with van der Waals surface area (Å²) in [7, 11) is -10.9. The predicted octanol–water partition coefficient (Wildman–Crippen LogP) is 13.6. The summed E-state index contributed by atoms with van der Waals surface area (Å²) in [5.41, 5.74) is 14.1. The smallest absolute Gasteiger partial charge is 0.340 e. The van der Waals surface area contributed by atoms with Crippen LogP contribution < -0.4 is 32.8 Å². The van der Waals surface area contributed by atoms with E-state index in [1.165, 1.54) is 0 Å². The molecule has 12 aromatic rings. The fraction of sp³-hybridized carbons (Fsp3) is 0.207. The van der Waals surface area contributed by atoms with Crippen molar-refractivity contribution in [2.24, 2.45) is 5.92 Å². The number of hydrogen-bond acceptors (Lipinski definition) is 10. The zero-order valence-corrected chi connectivity index (χ0v) is 60.5. The maximum absolute atomic E-state index is 13.9. The SMILES string of the molecule is CN(c1ccccc1)c1ccc2c(c1)C1(OC(=O)c3ccccc31)c1ccc(N(CCP(=O)(O)O)c3cccc(CC(CCCCc4cc5cccnc5cc4-[n+]4ccc(-c5cc[n+](Cc6cccc(C[n+]7ccc(-c8cc[n+](CCP(=O)(O)O)cc8)cc7)n6)cc5)cc4)CCCP(=O)(O)O)c3)cc1O2. The van der Waals surface area contributed by atoms with Crippen molar-refractivity contribution in [3.05, 3.63) is 307 Å². The molecule has 20 nitrogen and oxygen atoms in total. The van der Waals surface area contributed by atoms with Gasteiger partial charge < -0.3 is 48.6 Å². The lowest BCUT2D eigenvalue weighted by atomic mass is 9.77. The van der Waals surface area contributed by atoms with Gasteiger partial charge in [-0.2, -0.15) is 13.7 Å². The van der Waals surface area contributed by atoms with Crippen LogP contribution in [0, 0.1) is 5.92 Å². The second kappa shape index (κ2) is 30.9. The minimum Gasteiger partial charge on any atom is -0.456 e. The van der Waals surface area contributed by atoms with E-state index in [4.69, 9.17) is 19.4 Å². The van der Waals surface area contributed by atoms with E-state index in [1.54, 1.807) is 16.8 Å². The van der Waals surface area contributed by atoms with Gasteiger partial charge in [-0.15, -0.1) is 0 Å². The van der Waals surface area contributed by atoms with Crippen LogP contribution in [0.3, 0.4) is 0 Å². The summed E-state index contributed by atoms with van der Waals surface area (Å²) in [5.74, 6) is 0.468. The molecular formula is C82H81N8O12P3+4. The van der Waals surface area contributed by atoms with Crippen LogP contribution in [0.25, 0.3) is 38.8 Å². The van der Waals surface area contributed by atoms with Crippen molar-refractivity contribution in [1.82, 2.24) is 9.97 Å². The Morgan fingerprint density at radius 1 is 0.505 bits per heavy atom. The fourth-order valence-corrected chi connectivity index (χ4v) is 15.9. The third-order valence-electron chi connectivity index (χ3n) is 19.7. The highest BCUT2D eigenvalue weighted by atomic mass is 31.2. The number of para-hydroxylation sites is 1. The van der Waals surface area contributed by atoms with Gasteiger partial charge in [-0.05, 0) is 151 Å². The van der Waals surface area contributed by atoms with Crippen LogP contribution in [0.15, 0.2) is 262 Å². The van der Waals surface area contributed by atoms with Gasteiger partial charge in [0.05, 0.1) is 17.2 Å². The summed E-state index contributed by atoms with van der Waals surface area (Å²) in [6.45, 7) is 1.36. The molecule has 2 atom stereocenters. The summed E-state index contributed by atoms with van der Waals surface area (Å²) >= 11 is 0. The average molecular weight is 1460 g/mol. The highest BCUT2D eigenvalue weighted by molar-refractivity contribution is 7.52. The Bertz CT molecular complexity index is 5300. The first-order chi connectivity index (χ1) is 50.6. The number of nitrogens with zero attached hydrogens (tertiary/aromatic N) is 8. The van der Waals surface area contributed by atoms with Crippen LogP contribution in [-0.2, 0) is 56.5 Å². The van der Waals surface area contributed by atoms with E-state index in [-0.39, 0.29) is 31.3 Å². The van der Waals surface area contributed by atoms with Crippen LogP contribution in [0.2, 0.25) is 0 Å². The van der Waals surface area contributed by atoms with Crippen molar-refractivity contribution >= 4 is 62.4 Å². The molecule has 0 amide bonds. The molecule has 6 aromatic heterocycles. The van der Waals surface area contributed by atoms with Crippen molar-refractivity contribution in [3.8, 4) is 39.4 Å². The third kappa shape index (κ3) is 17.1. The molecule has 8 heterocycles. The lowest BCUT2D eigenvalue weighted by molar-refractivity contribution is -0.692. The zero-order valence-electron chi connectivity index (χ0n) is 57.9. The first-order valence-electron chi connectivity index (χ1n) is 35.0. The molecule has 0 saturated heterocycles. The number of hydrogen-bond donors (Lipinski definition) is 6. The van der Waals surface area contributed by atoms with Crippen LogP contribution in [0.4, 0.5) is 22.7 Å². The van der Waals surface area contributed by atoms with E-state index in [0.717, 1.165) is 98.4 Å². The van der Waals surface area contributed by atoms with E-state index >= 15 is 0 Å². The molecule has 1 spiro atoms. The Morgan fingerprint density at radius 3 is 1.78 bits per heavy atom. The Morgan fingerprint density at radius 2 is 1.10 bits per heavy atom. The normalized spacial score (nSPS) is 14.3. The van der Waals surface area contributed by atoms with Gasteiger partial charge in [0.2, 0.25) is 5.69 Å². The standard InChI is InChI=1S/C82H77N8O12P3/c1-85(69-20-3-2-4-21-69)70-26-28-79-76(54-70)82(74-24-8-7-23-73(74)81(91)102-82)75-27-25-72(55-80(75)101-79)90(47-50-105(98,99)100)71-22-9-14-60(52-71)51-59(15-12-48-103(92,93)94)13-5-6-16-66-53-65-17-11-37-83-77(65)56-78(66)89-44-35-64(36-45-89)63-33-42-88(43-34-63)58-68-19-10-18-67(84-68)57-87-40-31-62(32-41-87)61-29-38-86(39-30-61)46-49-104(95,96)97/h2-4,7-11,14,17-45,52-56,59H,5-6,12-13,15-16,46-51,57-58H2,1H3,(H2-4,92,93,94,95,96,97,98,99,100)/p+4. The molecule has 2 aliphatic heterocycles. The zero-order chi connectivity index (χ0) is 72.9. The number of anilines is 4. The fourth-order valence-electron chi connectivity index (χ4n) is 14.3. The number of pyridine rings is 6. The number of rotatable bonds is 28. The number of carbonyl (C=O) groups is 1. The highest BCUT2D eigenvalue weighted by Gasteiger charge is 2.54. The molecule has 14 rings (SSSR count). The topological polar surface area (TPSA) is 256 Å². The number of benzene rings is 6. The molecule has 532 valence electrons. The van der Waals surface area contributed by atoms with E-state index in [9.17, 15) is 47.9 Å². The molecule has 6 aromatic carbocycles. The molecule has 2 aliphatic rings. The molecule has 23 heteroatoms. The molecule has 6 N–H and O–H groups in total. The highest BCUT2D eigenvalue weighted by Crippen LogP contribution is 2.58. The average Bonchev–Trinajstić information content (AvgIpc) is 1.60. The molecule has 2 unspecified atom stereocenters. The maximum atomic E-state index is 13.9. The van der Waals surface area contributed by atoms with Crippen LogP contribution in [-0.4, -0.2) is 77.4 Å². The number of aryl methyl sites for hydroxylation is 2. The van der Waals surface area contributed by atoms with Crippen molar-refractivity contribution in [2.45, 2.75) is 70.2 Å². The Labute approximate surface area is 608 Å². The number of aromatic nitrogens is 6. The van der Waals surface area contributed by atoms with Gasteiger partial charge in [-0.1, -0.05) is 73.5 Å². The lowest BCUT2D eigenvalue weighted by Crippen LogP contribution is -2.35. The van der Waals surface area contributed by atoms with Gasteiger partial charge in [0.25, 0.3) is 0 Å². The second-order valence-electron chi connectivity index (χ2n) is 27.1. The summed E-state index contributed by atoms with van der Waals surface area (Å²) in [5, 5.41) is 1.04. The number of carbonyl (C=O) groups excluding carboxylic acids is 1. The van der Waals surface area contributed by atoms with E-state index in [0.29, 0.717) is 77.5 Å². The largest absolute Gasteiger partial charge is 0.456 e. The molecule has 105 heavy (non-hydrogen) atoms. The lowest BCUT2D eigenvalue weighted by Gasteiger charge is -2.38. The van der Waals surface area contributed by atoms with Crippen molar-refractivity contribution in [3.63, 3.8) is 0 Å². The quantitative estimate of drug-likeness (QED) is 0.0115. The Hall–Kier alpha value is -10.2. The summed E-state index contributed by atoms with van der Waals surface area (Å²) in [6.07, 6.45) is 21.7. The van der Waals surface area contributed by atoms with Gasteiger partial charge in [0, 0.05) is 137 Å². The van der Waals surface area contributed by atoms with Crippen molar-refractivity contribution < 1.29 is 75.6 Å². The van der Waals surface area contributed by atoms with E-state index in [2.05, 4.69) is 85.9 Å². The summed E-state index contributed by atoms with van der Waals surface area (Å²) in [4.78, 5) is 86.8. The Kier molecular flexibility index (Phi) is 21.1. The second-order valence-corrected chi connectivity index (χ2v) is 32.4. The molecule has 0 fully saturated rings. The molecule has 0 saturated carbocycles. The summed E-state index contributed by atoms with van der Waals surface area (Å²) in [6, 6.07) is 67.5. The predicted molar refractivity (Wildman–Crippen MR) is 401 cm³/mol. The molecule has 0 aliphatic carbocycles. The number of esters is 1. The van der Waals surface area contributed by atoms with Gasteiger partial charge in [0.15, 0.2) is 74.8 Å². The van der Waals surface area contributed by atoms with Crippen molar-refractivity contribution in [1.29, 1.82) is 0 Å². The number of unbranched alkanes of at least 4 members (excludes halogenated alkanes) is 1. The van der Waals surface area contributed by atoms with E-state index in [1.807, 2.05) is 194 Å². The monoisotopic (exact) mass is 1460 g/mol. The van der Waals surface area contributed by atoms with Crippen LogP contribution in [0.1, 0.15) is 81.7 Å². The Balaban J connectivity index is 0.650. The van der Waals surface area contributed by atoms with Gasteiger partial charge in [-0.25, -0.2) is 14.3 Å². The molecule has 0 radical (unpaired) electrons. The van der Waals surface area contributed by atoms with E-state index < -0.39 is 40.5 Å². The first kappa shape index (κ1) is 71.8. The number of fused-ring (bicyclic) bond motifs is 7. The van der Waals surface area contributed by atoms with Gasteiger partial charge >= 0.3 is 28.8 Å². The third-order valence-corrected chi connectivity index (χ3v) is 22.2. The summed E-state index contributed by atoms with van der Waals surface area (Å²) < 4.78 is 57.7. The molecule has 0 bridgehead atoms. The minimum absolute atomic E-state index is 0.0461.